The van der Waals surface area contributed by atoms with Crippen LogP contribution < -0.4 is 0 Å². The van der Waals surface area contributed by atoms with Gasteiger partial charge in [-0.25, -0.2) is 15.0 Å². The van der Waals surface area contributed by atoms with E-state index in [0.29, 0.717) is 17.5 Å². The Hall–Kier alpha value is -8.41. The number of aromatic nitrogens is 4. The van der Waals surface area contributed by atoms with E-state index < -0.39 is 0 Å². The van der Waals surface area contributed by atoms with Crippen LogP contribution in [-0.4, -0.2) is 19.5 Å². The van der Waals surface area contributed by atoms with Crippen LogP contribution in [0, 0.1) is 0 Å². The second kappa shape index (κ2) is 14.7. The van der Waals surface area contributed by atoms with Gasteiger partial charge in [0.25, 0.3) is 0 Å². The molecule has 12 aromatic rings. The van der Waals surface area contributed by atoms with Gasteiger partial charge < -0.3 is 8.98 Å². The Balaban J connectivity index is 1.08. The lowest BCUT2D eigenvalue weighted by Crippen LogP contribution is -2.03. The summed E-state index contributed by atoms with van der Waals surface area (Å²) < 4.78 is 9.40. The van der Waals surface area contributed by atoms with Crippen LogP contribution in [0.15, 0.2) is 223 Å². The Bertz CT molecular complexity index is 3490. The number of furan rings is 1. The lowest BCUT2D eigenvalue weighted by atomic mass is 10.0. The van der Waals surface area contributed by atoms with E-state index in [9.17, 15) is 0 Å². The first-order valence-corrected chi connectivity index (χ1v) is 20.9. The Kier molecular flexibility index (Phi) is 8.42. The predicted molar refractivity (Wildman–Crippen MR) is 254 cm³/mol. The van der Waals surface area contributed by atoms with E-state index in [1.165, 1.54) is 0 Å². The van der Waals surface area contributed by atoms with Crippen molar-refractivity contribution in [1.82, 2.24) is 19.5 Å². The zero-order chi connectivity index (χ0) is 41.0. The standard InChI is InChI=1S/C57H36N4O/c1-4-15-37(16-5-1)39-27-31-42(32-28-39)55-58-56(43-33-29-40(30-34-43)38-17-6-2-7-18-38)60-57(59-55)49-22-11-13-26-51(49)61-50-25-12-10-21-45(50)46-35-36-48-47-24-14-23-44(41-19-8-3-9-20-41)53(47)62-54(48)52(46)61/h1-36H. The second-order valence-electron chi connectivity index (χ2n) is 15.6. The van der Waals surface area contributed by atoms with Crippen LogP contribution in [0.5, 0.6) is 0 Å². The first-order valence-electron chi connectivity index (χ1n) is 20.9. The highest BCUT2D eigenvalue weighted by Crippen LogP contribution is 2.44. The molecule has 9 aromatic carbocycles. The minimum atomic E-state index is 0.578. The van der Waals surface area contributed by atoms with Crippen molar-refractivity contribution in [1.29, 1.82) is 0 Å². The molecule has 0 N–H and O–H groups in total. The summed E-state index contributed by atoms with van der Waals surface area (Å²) in [4.78, 5) is 15.7. The highest BCUT2D eigenvalue weighted by Gasteiger charge is 2.23. The van der Waals surface area contributed by atoms with Crippen LogP contribution in [0.2, 0.25) is 0 Å². The van der Waals surface area contributed by atoms with Crippen LogP contribution in [-0.2, 0) is 0 Å². The first kappa shape index (κ1) is 35.5. The molecule has 0 amide bonds. The number of hydrogen-bond donors (Lipinski definition) is 0. The van der Waals surface area contributed by atoms with Gasteiger partial charge >= 0.3 is 0 Å². The van der Waals surface area contributed by atoms with Crippen molar-refractivity contribution in [3.8, 4) is 73.2 Å². The molecule has 0 aliphatic heterocycles. The summed E-state index contributed by atoms with van der Waals surface area (Å²) in [5.41, 5.74) is 14.1. The monoisotopic (exact) mass is 792 g/mol. The van der Waals surface area contributed by atoms with Gasteiger partial charge in [0.15, 0.2) is 23.1 Å². The van der Waals surface area contributed by atoms with Gasteiger partial charge in [0.2, 0.25) is 0 Å². The highest BCUT2D eigenvalue weighted by molar-refractivity contribution is 6.22. The molecule has 3 heterocycles. The maximum atomic E-state index is 7.06. The van der Waals surface area contributed by atoms with Crippen molar-refractivity contribution in [2.24, 2.45) is 0 Å². The Labute approximate surface area is 357 Å². The summed E-state index contributed by atoms with van der Waals surface area (Å²) >= 11 is 0. The maximum absolute atomic E-state index is 7.06. The van der Waals surface area contributed by atoms with Gasteiger partial charge in [-0.2, -0.15) is 0 Å². The average Bonchev–Trinajstić information content (AvgIpc) is 3.91. The van der Waals surface area contributed by atoms with Crippen molar-refractivity contribution in [3.63, 3.8) is 0 Å². The summed E-state index contributed by atoms with van der Waals surface area (Å²) in [5, 5.41) is 4.39. The van der Waals surface area contributed by atoms with Crippen LogP contribution >= 0.6 is 0 Å². The molecule has 5 nitrogen and oxygen atoms in total. The van der Waals surface area contributed by atoms with E-state index >= 15 is 0 Å². The normalized spacial score (nSPS) is 11.5. The fourth-order valence-corrected chi connectivity index (χ4v) is 8.90. The van der Waals surface area contributed by atoms with Gasteiger partial charge in [-0.1, -0.05) is 194 Å². The molecule has 0 atom stereocenters. The minimum Gasteiger partial charge on any atom is -0.453 e. The number of para-hydroxylation sites is 3. The molecule has 0 aliphatic carbocycles. The first-order chi connectivity index (χ1) is 30.7. The lowest BCUT2D eigenvalue weighted by Gasteiger charge is -2.15. The summed E-state index contributed by atoms with van der Waals surface area (Å²) in [5.74, 6) is 1.78. The number of nitrogens with zero attached hydrogens (tertiary/aromatic N) is 4. The minimum absolute atomic E-state index is 0.578. The largest absolute Gasteiger partial charge is 0.453 e. The summed E-state index contributed by atoms with van der Waals surface area (Å²) in [7, 11) is 0. The fourth-order valence-electron chi connectivity index (χ4n) is 8.90. The highest BCUT2D eigenvalue weighted by atomic mass is 16.3. The fraction of sp³-hybridized carbons (Fsp3) is 0. The van der Waals surface area contributed by atoms with Crippen LogP contribution in [0.4, 0.5) is 0 Å². The Morgan fingerprint density at radius 1 is 0.290 bits per heavy atom. The van der Waals surface area contributed by atoms with Crippen molar-refractivity contribution in [2.75, 3.05) is 0 Å². The number of benzene rings is 9. The molecule has 62 heavy (non-hydrogen) atoms. The van der Waals surface area contributed by atoms with Gasteiger partial charge in [-0.15, -0.1) is 0 Å². The zero-order valence-electron chi connectivity index (χ0n) is 33.5. The number of rotatable bonds is 7. The maximum Gasteiger partial charge on any atom is 0.166 e. The third-order valence-corrected chi connectivity index (χ3v) is 11.9. The molecule has 5 heteroatoms. The average molecular weight is 793 g/mol. The Morgan fingerprint density at radius 2 is 0.742 bits per heavy atom. The van der Waals surface area contributed by atoms with E-state index in [0.717, 1.165) is 99.5 Å². The SMILES string of the molecule is c1ccc(-c2ccc(-c3nc(-c4ccc(-c5ccccc5)cc4)nc(-c4ccccc4-n4c5ccccc5c5ccc6c7cccc(-c8ccccc8)c7oc6c54)n3)cc2)cc1. The Morgan fingerprint density at radius 3 is 1.39 bits per heavy atom. The summed E-state index contributed by atoms with van der Waals surface area (Å²) in [6.45, 7) is 0. The molecular weight excluding hydrogens is 757 g/mol. The van der Waals surface area contributed by atoms with E-state index in [4.69, 9.17) is 19.4 Å². The van der Waals surface area contributed by atoms with Crippen molar-refractivity contribution in [3.05, 3.63) is 218 Å². The van der Waals surface area contributed by atoms with E-state index in [2.05, 4.69) is 205 Å². The molecular formula is C57H36N4O. The van der Waals surface area contributed by atoms with Crippen LogP contribution in [0.3, 0.4) is 0 Å². The van der Waals surface area contributed by atoms with Crippen molar-refractivity contribution in [2.45, 2.75) is 0 Å². The molecule has 3 aromatic heterocycles. The van der Waals surface area contributed by atoms with Gasteiger partial charge in [-0.3, -0.25) is 0 Å². The smallest absolute Gasteiger partial charge is 0.166 e. The topological polar surface area (TPSA) is 56.7 Å². The van der Waals surface area contributed by atoms with Gasteiger partial charge in [0.1, 0.15) is 5.58 Å². The van der Waals surface area contributed by atoms with E-state index in [-0.39, 0.29) is 0 Å². The molecule has 0 unspecified atom stereocenters. The molecule has 0 bridgehead atoms. The van der Waals surface area contributed by atoms with Gasteiger partial charge in [0, 0.05) is 43.8 Å². The van der Waals surface area contributed by atoms with E-state index in [1.54, 1.807) is 0 Å². The molecule has 290 valence electrons. The molecule has 0 spiro atoms. The molecule has 0 radical (unpaired) electrons. The number of fused-ring (bicyclic) bond motifs is 7. The predicted octanol–water partition coefficient (Wildman–Crippen LogP) is 14.9. The third kappa shape index (κ3) is 5.98. The van der Waals surface area contributed by atoms with Crippen molar-refractivity contribution < 1.29 is 4.42 Å². The van der Waals surface area contributed by atoms with E-state index in [1.807, 2.05) is 18.2 Å². The number of hydrogen-bond acceptors (Lipinski definition) is 4. The van der Waals surface area contributed by atoms with Crippen molar-refractivity contribution >= 4 is 43.7 Å². The third-order valence-electron chi connectivity index (χ3n) is 11.9. The molecule has 0 saturated heterocycles. The zero-order valence-corrected chi connectivity index (χ0v) is 33.5. The molecule has 0 fully saturated rings. The summed E-state index contributed by atoms with van der Waals surface area (Å²) in [6.07, 6.45) is 0. The quantitative estimate of drug-likeness (QED) is 0.161. The van der Waals surface area contributed by atoms with Crippen LogP contribution in [0.1, 0.15) is 0 Å². The summed E-state index contributed by atoms with van der Waals surface area (Å²) in [6, 6.07) is 76.1. The molecule has 0 saturated carbocycles. The molecule has 12 rings (SSSR count). The second-order valence-corrected chi connectivity index (χ2v) is 15.6. The van der Waals surface area contributed by atoms with Gasteiger partial charge in [-0.05, 0) is 52.1 Å². The van der Waals surface area contributed by atoms with Gasteiger partial charge in [0.05, 0.1) is 16.7 Å². The van der Waals surface area contributed by atoms with Crippen LogP contribution in [0.25, 0.3) is 117 Å². The lowest BCUT2D eigenvalue weighted by molar-refractivity contribution is 0.672. The molecule has 0 aliphatic rings.